The second-order valence-electron chi connectivity index (χ2n) is 4.03. The second kappa shape index (κ2) is 5.60. The van der Waals surface area contributed by atoms with Crippen LogP contribution in [-0.2, 0) is 5.75 Å². The number of thiazole rings is 1. The van der Waals surface area contributed by atoms with Crippen LogP contribution in [0.4, 0.5) is 0 Å². The molecule has 0 bridgehead atoms. The molecule has 1 aromatic carbocycles. The minimum atomic E-state index is -0.954. The summed E-state index contributed by atoms with van der Waals surface area (Å²) in [5, 5.41) is 10.6. The van der Waals surface area contributed by atoms with Gasteiger partial charge in [-0.15, -0.1) is 11.3 Å². The Morgan fingerprint density at radius 2 is 2.10 bits per heavy atom. The van der Waals surface area contributed by atoms with E-state index in [-0.39, 0.29) is 5.56 Å². The topological polar surface area (TPSA) is 63.1 Å². The average molecular weight is 302 g/mol. The lowest BCUT2D eigenvalue weighted by atomic mass is 10.3. The Morgan fingerprint density at radius 1 is 1.25 bits per heavy atom. The van der Waals surface area contributed by atoms with Gasteiger partial charge >= 0.3 is 5.97 Å². The number of para-hydroxylation sites is 1. The van der Waals surface area contributed by atoms with Crippen molar-refractivity contribution in [1.82, 2.24) is 9.97 Å². The van der Waals surface area contributed by atoms with Gasteiger partial charge < -0.3 is 5.11 Å². The van der Waals surface area contributed by atoms with Crippen LogP contribution in [0.3, 0.4) is 0 Å². The first-order valence-corrected chi connectivity index (χ1v) is 7.70. The number of fused-ring (bicyclic) bond motifs is 1. The Balaban J connectivity index is 1.81. The van der Waals surface area contributed by atoms with Gasteiger partial charge in [-0.05, 0) is 24.3 Å². The van der Waals surface area contributed by atoms with E-state index >= 15 is 0 Å². The fourth-order valence-electron chi connectivity index (χ4n) is 1.78. The third-order valence-electron chi connectivity index (χ3n) is 2.67. The highest BCUT2D eigenvalue weighted by Gasteiger charge is 2.12. The first kappa shape index (κ1) is 13.1. The molecule has 1 N–H and O–H groups in total. The van der Waals surface area contributed by atoms with Crippen LogP contribution in [0.2, 0.25) is 0 Å². The van der Waals surface area contributed by atoms with E-state index < -0.39 is 5.97 Å². The van der Waals surface area contributed by atoms with Crippen molar-refractivity contribution in [3.63, 3.8) is 0 Å². The number of hydrogen-bond donors (Lipinski definition) is 1. The van der Waals surface area contributed by atoms with E-state index in [0.29, 0.717) is 10.8 Å². The van der Waals surface area contributed by atoms with Gasteiger partial charge in [-0.3, -0.25) is 0 Å². The summed E-state index contributed by atoms with van der Waals surface area (Å²) in [5.74, 6) is -0.332. The van der Waals surface area contributed by atoms with Crippen LogP contribution in [-0.4, -0.2) is 21.0 Å². The fourth-order valence-corrected chi connectivity index (χ4v) is 3.73. The zero-order valence-electron chi connectivity index (χ0n) is 10.3. The maximum absolute atomic E-state index is 11.1. The molecule has 0 spiro atoms. The molecule has 0 unspecified atom stereocenters. The molecule has 0 saturated heterocycles. The normalized spacial score (nSPS) is 10.8. The molecule has 100 valence electrons. The SMILES string of the molecule is O=C(O)c1cccnc1SCc1nc2ccccc2s1. The van der Waals surface area contributed by atoms with E-state index in [4.69, 9.17) is 5.11 Å². The van der Waals surface area contributed by atoms with Crippen molar-refractivity contribution in [2.75, 3.05) is 0 Å². The Hall–Kier alpha value is -1.92. The summed E-state index contributed by atoms with van der Waals surface area (Å²) in [4.78, 5) is 19.8. The summed E-state index contributed by atoms with van der Waals surface area (Å²) in [6, 6.07) is 11.1. The molecule has 2 heterocycles. The standard InChI is InChI=1S/C14H10N2O2S2/c17-14(18)9-4-3-7-15-13(9)19-8-12-16-10-5-1-2-6-11(10)20-12/h1-7H,8H2,(H,17,18). The van der Waals surface area contributed by atoms with Crippen LogP contribution in [0.5, 0.6) is 0 Å². The third kappa shape index (κ3) is 2.66. The minimum Gasteiger partial charge on any atom is -0.478 e. The quantitative estimate of drug-likeness (QED) is 0.745. The number of pyridine rings is 1. The maximum atomic E-state index is 11.1. The summed E-state index contributed by atoms with van der Waals surface area (Å²) in [6.45, 7) is 0. The smallest absolute Gasteiger partial charge is 0.338 e. The number of aromatic nitrogens is 2. The summed E-state index contributed by atoms with van der Waals surface area (Å²) in [5.41, 5.74) is 1.21. The van der Waals surface area contributed by atoms with Crippen LogP contribution in [0, 0.1) is 0 Å². The van der Waals surface area contributed by atoms with Gasteiger partial charge in [-0.1, -0.05) is 23.9 Å². The Morgan fingerprint density at radius 3 is 2.90 bits per heavy atom. The van der Waals surface area contributed by atoms with E-state index in [0.717, 1.165) is 15.2 Å². The number of rotatable bonds is 4. The van der Waals surface area contributed by atoms with Gasteiger partial charge in [0.2, 0.25) is 0 Å². The van der Waals surface area contributed by atoms with Gasteiger partial charge in [0.15, 0.2) is 0 Å². The maximum Gasteiger partial charge on any atom is 0.338 e. The predicted molar refractivity (Wildman–Crippen MR) is 80.4 cm³/mol. The number of carboxylic acid groups (broad SMARTS) is 1. The lowest BCUT2D eigenvalue weighted by Gasteiger charge is -2.02. The average Bonchev–Trinajstić information content (AvgIpc) is 2.88. The largest absolute Gasteiger partial charge is 0.478 e. The number of hydrogen-bond acceptors (Lipinski definition) is 5. The van der Waals surface area contributed by atoms with Gasteiger partial charge in [0.1, 0.15) is 10.0 Å². The molecule has 0 atom stereocenters. The van der Waals surface area contributed by atoms with Crippen molar-refractivity contribution in [1.29, 1.82) is 0 Å². The monoisotopic (exact) mass is 302 g/mol. The molecule has 6 heteroatoms. The molecule has 0 aliphatic rings. The van der Waals surface area contributed by atoms with Crippen LogP contribution >= 0.6 is 23.1 Å². The molecule has 0 saturated carbocycles. The highest BCUT2D eigenvalue weighted by atomic mass is 32.2. The number of benzene rings is 1. The molecule has 0 fully saturated rings. The van der Waals surface area contributed by atoms with E-state index in [2.05, 4.69) is 9.97 Å². The van der Waals surface area contributed by atoms with Crippen molar-refractivity contribution < 1.29 is 9.90 Å². The second-order valence-corrected chi connectivity index (χ2v) is 6.10. The minimum absolute atomic E-state index is 0.235. The van der Waals surface area contributed by atoms with Crippen LogP contribution in [0.25, 0.3) is 10.2 Å². The van der Waals surface area contributed by atoms with Crippen molar-refractivity contribution in [3.05, 3.63) is 53.2 Å². The van der Waals surface area contributed by atoms with Gasteiger partial charge in [-0.2, -0.15) is 0 Å². The number of carboxylic acids is 1. The molecule has 2 aromatic heterocycles. The lowest BCUT2D eigenvalue weighted by Crippen LogP contribution is -2.00. The van der Waals surface area contributed by atoms with Crippen molar-refractivity contribution in [2.24, 2.45) is 0 Å². The summed E-state index contributed by atoms with van der Waals surface area (Å²) >= 11 is 3.02. The van der Waals surface area contributed by atoms with Crippen molar-refractivity contribution in [3.8, 4) is 0 Å². The van der Waals surface area contributed by atoms with Crippen molar-refractivity contribution >= 4 is 39.3 Å². The van der Waals surface area contributed by atoms with E-state index in [9.17, 15) is 4.79 Å². The summed E-state index contributed by atoms with van der Waals surface area (Å²) in [6.07, 6.45) is 1.60. The Labute approximate surface area is 123 Å². The highest BCUT2D eigenvalue weighted by molar-refractivity contribution is 7.98. The number of thioether (sulfide) groups is 1. The van der Waals surface area contributed by atoms with Crippen LogP contribution in [0.1, 0.15) is 15.4 Å². The molecular weight excluding hydrogens is 292 g/mol. The van der Waals surface area contributed by atoms with E-state index in [1.54, 1.807) is 29.7 Å². The zero-order valence-corrected chi connectivity index (χ0v) is 11.9. The van der Waals surface area contributed by atoms with Crippen LogP contribution in [0.15, 0.2) is 47.6 Å². The fraction of sp³-hybridized carbons (Fsp3) is 0.0714. The summed E-state index contributed by atoms with van der Waals surface area (Å²) < 4.78 is 1.14. The molecule has 3 rings (SSSR count). The van der Waals surface area contributed by atoms with Gasteiger partial charge in [-0.25, -0.2) is 14.8 Å². The first-order valence-electron chi connectivity index (χ1n) is 5.89. The summed E-state index contributed by atoms with van der Waals surface area (Å²) in [7, 11) is 0. The molecule has 0 radical (unpaired) electrons. The molecule has 3 aromatic rings. The van der Waals surface area contributed by atoms with Crippen LogP contribution < -0.4 is 0 Å². The zero-order chi connectivity index (χ0) is 13.9. The van der Waals surface area contributed by atoms with Gasteiger partial charge in [0, 0.05) is 6.20 Å². The number of aromatic carboxylic acids is 1. The number of nitrogens with zero attached hydrogens (tertiary/aromatic N) is 2. The molecular formula is C14H10N2O2S2. The Bertz CT molecular complexity index is 737. The van der Waals surface area contributed by atoms with Crippen molar-refractivity contribution in [2.45, 2.75) is 10.8 Å². The van der Waals surface area contributed by atoms with E-state index in [1.807, 2.05) is 24.3 Å². The molecule has 0 aliphatic heterocycles. The molecule has 0 amide bonds. The molecule has 20 heavy (non-hydrogen) atoms. The van der Waals surface area contributed by atoms with E-state index in [1.165, 1.54) is 11.8 Å². The van der Waals surface area contributed by atoms with Gasteiger partial charge in [0.05, 0.1) is 21.5 Å². The Kier molecular flexibility index (Phi) is 3.66. The first-order chi connectivity index (χ1) is 9.74. The van der Waals surface area contributed by atoms with Gasteiger partial charge in [0.25, 0.3) is 0 Å². The number of carbonyl (C=O) groups is 1. The lowest BCUT2D eigenvalue weighted by molar-refractivity contribution is 0.0692. The third-order valence-corrected chi connectivity index (χ3v) is 4.91. The molecule has 4 nitrogen and oxygen atoms in total. The highest BCUT2D eigenvalue weighted by Crippen LogP contribution is 2.28. The molecule has 0 aliphatic carbocycles. The predicted octanol–water partition coefficient (Wildman–Crippen LogP) is 3.68.